The topological polar surface area (TPSA) is 49.4 Å². The number of hydrogen-bond donors (Lipinski definition) is 1. The zero-order valence-corrected chi connectivity index (χ0v) is 15.5. The molecule has 1 N–H and O–H groups in total. The van der Waals surface area contributed by atoms with Gasteiger partial charge in [-0.3, -0.25) is 9.59 Å². The first-order valence-corrected chi connectivity index (χ1v) is 8.75. The lowest BCUT2D eigenvalue weighted by Gasteiger charge is -2.32. The molecule has 0 bridgehead atoms. The van der Waals surface area contributed by atoms with E-state index in [1.165, 1.54) is 0 Å². The molecule has 0 fully saturated rings. The molecule has 134 valence electrons. The van der Waals surface area contributed by atoms with Crippen molar-refractivity contribution in [1.82, 2.24) is 10.2 Å². The molecule has 0 aromatic heterocycles. The predicted octanol–water partition coefficient (Wildman–Crippen LogP) is 3.95. The quantitative estimate of drug-likeness (QED) is 0.854. The fraction of sp³-hybridized carbons (Fsp3) is 0.273. The van der Waals surface area contributed by atoms with Gasteiger partial charge in [0.05, 0.1) is 0 Å². The minimum Gasteiger partial charge on any atom is -0.349 e. The maximum atomic E-state index is 13.3. The zero-order chi connectivity index (χ0) is 18.9. The molecule has 0 aliphatic carbocycles. The molecule has 1 unspecified atom stereocenters. The van der Waals surface area contributed by atoms with Gasteiger partial charge in [0.2, 0.25) is 5.91 Å². The summed E-state index contributed by atoms with van der Waals surface area (Å²) in [6.45, 7) is 9.87. The summed E-state index contributed by atoms with van der Waals surface area (Å²) < 4.78 is 0. The number of fused-ring (bicyclic) bond motifs is 3. The summed E-state index contributed by atoms with van der Waals surface area (Å²) in [5.74, 6) is -0.348. The lowest BCUT2D eigenvalue weighted by Crippen LogP contribution is -2.49. The van der Waals surface area contributed by atoms with E-state index in [-0.39, 0.29) is 11.8 Å². The lowest BCUT2D eigenvalue weighted by atomic mass is 9.93. The van der Waals surface area contributed by atoms with E-state index >= 15 is 0 Å². The summed E-state index contributed by atoms with van der Waals surface area (Å²) in [6, 6.07) is 14.5. The van der Waals surface area contributed by atoms with Crippen LogP contribution in [0.2, 0.25) is 0 Å². The molecular weight excluding hydrogens is 324 g/mol. The lowest BCUT2D eigenvalue weighted by molar-refractivity contribution is -0.127. The first-order valence-electron chi connectivity index (χ1n) is 8.75. The molecule has 2 aromatic rings. The Balaban J connectivity index is 2.23. The minimum atomic E-state index is -0.705. The Morgan fingerprint density at radius 1 is 1.08 bits per heavy atom. The highest BCUT2D eigenvalue weighted by Crippen LogP contribution is 2.38. The number of hydrogen-bond acceptors (Lipinski definition) is 2. The number of rotatable bonds is 3. The van der Waals surface area contributed by atoms with Gasteiger partial charge in [0.25, 0.3) is 5.91 Å². The number of nitrogens with one attached hydrogen (secondary N) is 1. The summed E-state index contributed by atoms with van der Waals surface area (Å²) in [7, 11) is 0. The Morgan fingerprint density at radius 2 is 1.65 bits per heavy atom. The van der Waals surface area contributed by atoms with Gasteiger partial charge < -0.3 is 10.2 Å². The second-order valence-electron chi connectivity index (χ2n) is 7.52. The molecule has 4 nitrogen and oxygen atoms in total. The molecule has 0 radical (unpaired) electrons. The third-order valence-corrected chi connectivity index (χ3v) is 4.35. The van der Waals surface area contributed by atoms with E-state index < -0.39 is 11.6 Å². The predicted molar refractivity (Wildman–Crippen MR) is 104 cm³/mol. The average Bonchev–Trinajstić information content (AvgIpc) is 2.69. The van der Waals surface area contributed by atoms with Crippen molar-refractivity contribution in [3.05, 3.63) is 72.3 Å². The number of carbonyl (C=O) groups is 2. The molecule has 0 saturated carbocycles. The van der Waals surface area contributed by atoms with Crippen LogP contribution in [0.3, 0.4) is 0 Å². The second kappa shape index (κ2) is 6.79. The van der Waals surface area contributed by atoms with Gasteiger partial charge in [0.1, 0.15) is 6.04 Å². The highest BCUT2D eigenvalue weighted by Gasteiger charge is 2.37. The number of benzene rings is 2. The number of nitrogens with zero attached hydrogens (tertiary/aromatic N) is 1. The maximum absolute atomic E-state index is 13.3. The number of carbonyl (C=O) groups excluding carboxylic acids is 2. The van der Waals surface area contributed by atoms with Crippen LogP contribution in [0.5, 0.6) is 0 Å². The van der Waals surface area contributed by atoms with Crippen LogP contribution in [0.15, 0.2) is 61.2 Å². The molecule has 0 saturated heterocycles. The van der Waals surface area contributed by atoms with Crippen LogP contribution in [-0.4, -0.2) is 28.8 Å². The van der Waals surface area contributed by atoms with Gasteiger partial charge in [0.15, 0.2) is 0 Å². The molecule has 1 aliphatic heterocycles. The third-order valence-electron chi connectivity index (χ3n) is 4.35. The number of amides is 2. The summed E-state index contributed by atoms with van der Waals surface area (Å²) in [4.78, 5) is 28.0. The largest absolute Gasteiger partial charge is 0.349 e. The Labute approximate surface area is 154 Å². The SMILES string of the molecule is C=CCN1C(=O)c2ccccc2-c2ccccc2C1C(=O)NC(C)(C)C. The maximum Gasteiger partial charge on any atom is 0.255 e. The molecule has 26 heavy (non-hydrogen) atoms. The first-order chi connectivity index (χ1) is 12.3. The van der Waals surface area contributed by atoms with Gasteiger partial charge in [0, 0.05) is 17.6 Å². The van der Waals surface area contributed by atoms with E-state index in [1.807, 2.05) is 69.3 Å². The standard InChI is InChI=1S/C22H24N2O2/c1-5-14-24-19(20(25)23-22(2,3)4)17-12-8-6-10-15(17)16-11-7-9-13-18(16)21(24)26/h5-13,19H,1,14H2,2-4H3,(H,23,25). The molecule has 2 amide bonds. The third kappa shape index (κ3) is 3.27. The molecule has 1 atom stereocenters. The molecular formula is C22H24N2O2. The van der Waals surface area contributed by atoms with Crippen molar-refractivity contribution in [2.75, 3.05) is 6.54 Å². The van der Waals surface area contributed by atoms with Gasteiger partial charge in [-0.25, -0.2) is 0 Å². The zero-order valence-electron chi connectivity index (χ0n) is 15.5. The van der Waals surface area contributed by atoms with E-state index in [0.717, 1.165) is 16.7 Å². The van der Waals surface area contributed by atoms with E-state index in [4.69, 9.17) is 0 Å². The Kier molecular flexibility index (Phi) is 4.68. The summed E-state index contributed by atoms with van der Waals surface area (Å²) in [5.41, 5.74) is 2.81. The highest BCUT2D eigenvalue weighted by molar-refractivity contribution is 6.06. The normalized spacial score (nSPS) is 16.3. The van der Waals surface area contributed by atoms with Crippen molar-refractivity contribution in [2.24, 2.45) is 0 Å². The Hall–Kier alpha value is -2.88. The fourth-order valence-corrected chi connectivity index (χ4v) is 3.37. The van der Waals surface area contributed by atoms with Crippen LogP contribution in [0.1, 0.15) is 42.7 Å². The summed E-state index contributed by atoms with van der Waals surface area (Å²) in [6.07, 6.45) is 1.66. The molecule has 4 heteroatoms. The monoisotopic (exact) mass is 348 g/mol. The average molecular weight is 348 g/mol. The van der Waals surface area contributed by atoms with Crippen molar-refractivity contribution in [3.8, 4) is 11.1 Å². The van der Waals surface area contributed by atoms with Crippen LogP contribution in [-0.2, 0) is 4.79 Å². The van der Waals surface area contributed by atoms with Gasteiger partial charge in [-0.2, -0.15) is 0 Å². The van der Waals surface area contributed by atoms with Crippen molar-refractivity contribution < 1.29 is 9.59 Å². The van der Waals surface area contributed by atoms with Crippen molar-refractivity contribution in [1.29, 1.82) is 0 Å². The summed E-state index contributed by atoms with van der Waals surface area (Å²) in [5, 5.41) is 3.03. The van der Waals surface area contributed by atoms with Crippen molar-refractivity contribution in [3.63, 3.8) is 0 Å². The smallest absolute Gasteiger partial charge is 0.255 e. The molecule has 3 rings (SSSR count). The Morgan fingerprint density at radius 3 is 2.27 bits per heavy atom. The fourth-order valence-electron chi connectivity index (χ4n) is 3.37. The van der Waals surface area contributed by atoms with E-state index in [9.17, 15) is 9.59 Å². The van der Waals surface area contributed by atoms with Crippen molar-refractivity contribution in [2.45, 2.75) is 32.4 Å². The summed E-state index contributed by atoms with van der Waals surface area (Å²) >= 11 is 0. The van der Waals surface area contributed by atoms with Gasteiger partial charge >= 0.3 is 0 Å². The van der Waals surface area contributed by atoms with E-state index in [1.54, 1.807) is 11.0 Å². The van der Waals surface area contributed by atoms with Crippen LogP contribution in [0, 0.1) is 0 Å². The van der Waals surface area contributed by atoms with Crippen LogP contribution < -0.4 is 5.32 Å². The van der Waals surface area contributed by atoms with Gasteiger partial charge in [-0.1, -0.05) is 48.5 Å². The van der Waals surface area contributed by atoms with Crippen LogP contribution >= 0.6 is 0 Å². The first kappa shape index (κ1) is 17.9. The van der Waals surface area contributed by atoms with E-state index in [0.29, 0.717) is 12.1 Å². The minimum absolute atomic E-state index is 0.161. The van der Waals surface area contributed by atoms with Crippen LogP contribution in [0.25, 0.3) is 11.1 Å². The molecule has 0 spiro atoms. The molecule has 1 aliphatic rings. The second-order valence-corrected chi connectivity index (χ2v) is 7.52. The van der Waals surface area contributed by atoms with Gasteiger partial charge in [-0.15, -0.1) is 6.58 Å². The Bertz CT molecular complexity index is 864. The van der Waals surface area contributed by atoms with Crippen LogP contribution in [0.4, 0.5) is 0 Å². The molecule has 2 aromatic carbocycles. The van der Waals surface area contributed by atoms with E-state index in [2.05, 4.69) is 11.9 Å². The highest BCUT2D eigenvalue weighted by atomic mass is 16.2. The van der Waals surface area contributed by atoms with Gasteiger partial charge in [-0.05, 0) is 43.5 Å². The molecule has 1 heterocycles. The van der Waals surface area contributed by atoms with Crippen molar-refractivity contribution >= 4 is 11.8 Å².